The Morgan fingerprint density at radius 3 is 1.44 bits per heavy atom. The average Bonchev–Trinajstić information content (AvgIpc) is 1.55. The number of rotatable bonds is 11. The van der Waals surface area contributed by atoms with Crippen molar-refractivity contribution in [1.29, 1.82) is 0 Å². The summed E-state index contributed by atoms with van der Waals surface area (Å²) in [4.78, 5) is 94.8. The van der Waals surface area contributed by atoms with Crippen molar-refractivity contribution in [1.82, 2.24) is 0 Å². The van der Waals surface area contributed by atoms with Crippen LogP contribution in [0.1, 0.15) is 156 Å². The van der Waals surface area contributed by atoms with Crippen molar-refractivity contribution >= 4 is 52.2 Å². The minimum Gasteiger partial charge on any atom is -0.369 e. The minimum absolute atomic E-state index is 0.0882. The molecule has 8 aromatic carbocycles. The van der Waals surface area contributed by atoms with Crippen molar-refractivity contribution in [2.45, 2.75) is 71.0 Å². The van der Waals surface area contributed by atoms with Crippen LogP contribution in [0.5, 0.6) is 0 Å². The van der Waals surface area contributed by atoms with Gasteiger partial charge in [0.15, 0.2) is 29.4 Å². The molecule has 1 aliphatic carbocycles. The normalized spacial score (nSPS) is 15.3. The molecule has 16 heteroatoms. The van der Waals surface area contributed by atoms with Crippen LogP contribution < -0.4 is 9.80 Å². The number of amides is 3. The van der Waals surface area contributed by atoms with E-state index in [0.717, 1.165) is 58.0 Å². The molecule has 1 atom stereocenters. The number of imide groups is 1. The first-order chi connectivity index (χ1) is 38.7. The first kappa shape index (κ1) is 54.5. The van der Waals surface area contributed by atoms with Gasteiger partial charge in [-0.15, -0.1) is 0 Å². The Kier molecular flexibility index (Phi) is 12.7. The summed E-state index contributed by atoms with van der Waals surface area (Å²) < 4.78 is 93.1. The lowest BCUT2D eigenvalue weighted by molar-refractivity contribution is -0.288. The summed E-state index contributed by atoms with van der Waals surface area (Å²) in [6.45, 7) is 8.07. The van der Waals surface area contributed by atoms with Crippen LogP contribution in [0, 0.1) is 13.8 Å². The fourth-order valence-corrected chi connectivity index (χ4v) is 12.5. The molecular formula is C66H46F6N2O8. The summed E-state index contributed by atoms with van der Waals surface area (Å²) in [7, 11) is 0. The fourth-order valence-electron chi connectivity index (χ4n) is 12.5. The van der Waals surface area contributed by atoms with E-state index in [9.17, 15) is 38.7 Å². The van der Waals surface area contributed by atoms with Crippen molar-refractivity contribution in [2.75, 3.05) is 9.80 Å². The lowest BCUT2D eigenvalue weighted by Crippen LogP contribution is -2.55. The Labute approximate surface area is 465 Å². The number of ketones is 4. The first-order valence-corrected chi connectivity index (χ1v) is 25.8. The predicted octanol–water partition coefficient (Wildman–Crippen LogP) is 14.0. The molecule has 1 unspecified atom stereocenters. The molecule has 0 radical (unpaired) electrons. The smallest absolute Gasteiger partial charge is 0.369 e. The first-order valence-electron chi connectivity index (χ1n) is 25.8. The summed E-state index contributed by atoms with van der Waals surface area (Å²) in [6.07, 6.45) is -14.3. The van der Waals surface area contributed by atoms with E-state index in [2.05, 4.69) is 0 Å². The highest BCUT2D eigenvalue weighted by molar-refractivity contribution is 6.35. The van der Waals surface area contributed by atoms with Gasteiger partial charge < -0.3 is 5.11 Å². The van der Waals surface area contributed by atoms with Gasteiger partial charge >= 0.3 is 12.4 Å². The van der Waals surface area contributed by atoms with Gasteiger partial charge in [-0.25, -0.2) is 4.90 Å². The van der Waals surface area contributed by atoms with Crippen LogP contribution in [0.25, 0.3) is 22.3 Å². The summed E-state index contributed by atoms with van der Waals surface area (Å²) in [6, 6.07) is 39.0. The van der Waals surface area contributed by atoms with Gasteiger partial charge in [0.1, 0.15) is 0 Å². The molecule has 410 valence electrons. The molecule has 2 aliphatic heterocycles. The Morgan fingerprint density at radius 1 is 0.451 bits per heavy atom. The van der Waals surface area contributed by atoms with Crippen molar-refractivity contribution in [2.24, 2.45) is 0 Å². The molecule has 0 spiro atoms. The number of aliphatic hydroxyl groups excluding tert-OH is 1. The number of hydrogen-bond acceptors (Lipinski definition) is 8. The molecule has 1 N–H and O–H groups in total. The third-order valence-corrected chi connectivity index (χ3v) is 16.2. The van der Waals surface area contributed by atoms with Crippen molar-refractivity contribution < 1.29 is 65.0 Å². The monoisotopic (exact) mass is 1110 g/mol. The van der Waals surface area contributed by atoms with Gasteiger partial charge in [0.25, 0.3) is 17.7 Å². The van der Waals surface area contributed by atoms with E-state index in [1.165, 1.54) is 13.8 Å². The second kappa shape index (κ2) is 19.1. The molecule has 3 aliphatic rings. The number of Topliss-reactive ketones (excluding diaryl/α,β-unsaturated/α-hetero) is 4. The molecule has 2 heterocycles. The van der Waals surface area contributed by atoms with E-state index in [-0.39, 0.29) is 50.6 Å². The van der Waals surface area contributed by atoms with Crippen LogP contribution in [0.15, 0.2) is 158 Å². The molecular weight excluding hydrogens is 1060 g/mol. The lowest BCUT2D eigenvalue weighted by atomic mass is 9.67. The SMILES string of the molecule is CC(=O)c1ccc(-c2ccc3c(c2)C(=O)N(c2ccc(C4(c5ccc(N6C(=O)c7ccc(C(c8ccc(C(C)=O)c(C(C)=O)c8)(C(F)(F)F)C(F)(F)F)cc7C6O)c(C)c5)c5ccccc5-c5ccccc54)cc2C)C3=O)cc1C(C)=O. The molecule has 3 amide bonds. The number of aryl methyl sites for hydroxylation is 2. The third-order valence-electron chi connectivity index (χ3n) is 16.2. The largest absolute Gasteiger partial charge is 0.411 e. The number of nitrogens with zero attached hydrogens (tertiary/aromatic N) is 2. The second-order valence-corrected chi connectivity index (χ2v) is 20.9. The van der Waals surface area contributed by atoms with Crippen molar-refractivity contribution in [3.8, 4) is 22.3 Å². The van der Waals surface area contributed by atoms with Gasteiger partial charge in [-0.05, 0) is 157 Å². The number of hydrogen-bond donors (Lipinski definition) is 1. The number of fused-ring (bicyclic) bond motifs is 5. The topological polar surface area (TPSA) is 146 Å². The van der Waals surface area contributed by atoms with Gasteiger partial charge in [-0.2, -0.15) is 26.3 Å². The standard InChI is InChI=1S/C66H46F6N2O8/c1-33-27-41(19-25-57(33)73-59(79)49-22-16-40(30-53(49)61(73)81)39-15-21-45(35(3)75)51(29-39)37(5)77)63(55-13-9-7-11-47(55)48-12-8-10-14-56(48)63)42-20-26-58(34(2)28-42)74-60(80)50-24-18-44(32-54(50)62(74)82)64(65(67,68)69,66(70,71)72)43-17-23-46(36(4)76)52(31-43)38(6)78/h7-32,62,82H,1-6H3. The lowest BCUT2D eigenvalue weighted by Gasteiger charge is -2.38. The summed E-state index contributed by atoms with van der Waals surface area (Å²) in [5.41, 5.74) is -2.62. The molecule has 0 aromatic heterocycles. The van der Waals surface area contributed by atoms with Gasteiger partial charge in [0.05, 0.1) is 22.2 Å². The van der Waals surface area contributed by atoms with Crippen molar-refractivity contribution in [3.05, 3.63) is 247 Å². The highest BCUT2D eigenvalue weighted by Gasteiger charge is 2.73. The molecule has 82 heavy (non-hydrogen) atoms. The summed E-state index contributed by atoms with van der Waals surface area (Å²) in [5, 5.41) is 12.0. The molecule has 10 nitrogen and oxygen atoms in total. The summed E-state index contributed by atoms with van der Waals surface area (Å²) in [5.74, 6) is -4.35. The Balaban J connectivity index is 0.987. The van der Waals surface area contributed by atoms with Gasteiger partial charge in [0, 0.05) is 39.1 Å². The number of anilines is 2. The zero-order chi connectivity index (χ0) is 58.9. The quantitative estimate of drug-likeness (QED) is 0.0765. The summed E-state index contributed by atoms with van der Waals surface area (Å²) >= 11 is 0. The Hall–Kier alpha value is -9.41. The van der Waals surface area contributed by atoms with Gasteiger partial charge in [0.2, 0.25) is 5.41 Å². The highest BCUT2D eigenvalue weighted by atomic mass is 19.4. The van der Waals surface area contributed by atoms with E-state index < -0.39 is 81.0 Å². The molecule has 11 rings (SSSR count). The number of carbonyl (C=O) groups is 7. The number of halogens is 6. The van der Waals surface area contributed by atoms with E-state index in [1.54, 1.807) is 74.5 Å². The fraction of sp³-hybridized carbons (Fsp3) is 0.167. The molecule has 0 saturated carbocycles. The van der Waals surface area contributed by atoms with E-state index in [4.69, 9.17) is 0 Å². The number of alkyl halides is 6. The van der Waals surface area contributed by atoms with E-state index in [1.807, 2.05) is 60.7 Å². The second-order valence-electron chi connectivity index (χ2n) is 20.9. The van der Waals surface area contributed by atoms with Crippen LogP contribution in [0.3, 0.4) is 0 Å². The number of benzene rings is 8. The maximum absolute atomic E-state index is 15.5. The number of aliphatic hydroxyl groups is 1. The molecule has 0 fully saturated rings. The van der Waals surface area contributed by atoms with Crippen LogP contribution in [-0.4, -0.2) is 58.3 Å². The third kappa shape index (κ3) is 7.86. The average molecular weight is 1110 g/mol. The predicted molar refractivity (Wildman–Crippen MR) is 294 cm³/mol. The van der Waals surface area contributed by atoms with E-state index in [0.29, 0.717) is 63.3 Å². The van der Waals surface area contributed by atoms with Crippen LogP contribution in [-0.2, 0) is 10.8 Å². The molecule has 8 aromatic rings. The molecule has 0 bridgehead atoms. The van der Waals surface area contributed by atoms with Crippen LogP contribution in [0.4, 0.5) is 37.7 Å². The maximum Gasteiger partial charge on any atom is 0.411 e. The zero-order valence-corrected chi connectivity index (χ0v) is 44.6. The van der Waals surface area contributed by atoms with Crippen LogP contribution >= 0.6 is 0 Å². The van der Waals surface area contributed by atoms with Crippen LogP contribution in [0.2, 0.25) is 0 Å². The van der Waals surface area contributed by atoms with E-state index >= 15 is 26.3 Å². The van der Waals surface area contributed by atoms with Gasteiger partial charge in [-0.3, -0.25) is 38.5 Å². The maximum atomic E-state index is 15.5. The zero-order valence-electron chi connectivity index (χ0n) is 44.6. The number of carbonyl (C=O) groups excluding carboxylic acids is 7. The molecule has 0 saturated heterocycles. The minimum atomic E-state index is -6.12. The Bertz CT molecular complexity index is 4140. The van der Waals surface area contributed by atoms with Crippen molar-refractivity contribution in [3.63, 3.8) is 0 Å². The van der Waals surface area contributed by atoms with Gasteiger partial charge in [-0.1, -0.05) is 109 Å². The highest BCUT2D eigenvalue weighted by Crippen LogP contribution is 2.59. The Morgan fingerprint density at radius 2 is 0.902 bits per heavy atom.